The number of nitrogens with two attached hydrogens (primary N) is 1. The zero-order chi connectivity index (χ0) is 8.72. The van der Waals surface area contributed by atoms with Gasteiger partial charge < -0.3 is 5.73 Å². The molecule has 64 valence electrons. The molecule has 1 aromatic carbocycles. The van der Waals surface area contributed by atoms with Gasteiger partial charge in [0.05, 0.1) is 0 Å². The third kappa shape index (κ3) is 1.32. The molecule has 3 heteroatoms. The van der Waals surface area contributed by atoms with Crippen LogP contribution in [-0.2, 0) is 0 Å². The molecule has 2 rings (SSSR count). The lowest BCUT2D eigenvalue weighted by Crippen LogP contribution is -2.01. The van der Waals surface area contributed by atoms with Gasteiger partial charge in [0, 0.05) is 18.0 Å². The Hall–Kier alpha value is -0.960. The van der Waals surface area contributed by atoms with E-state index in [1.807, 2.05) is 0 Å². The lowest BCUT2D eigenvalue weighted by atomic mass is 10.1. The Balaban J connectivity index is 2.32. The summed E-state index contributed by atoms with van der Waals surface area (Å²) in [6, 6.07) is 3.66. The van der Waals surface area contributed by atoms with Gasteiger partial charge in [-0.1, -0.05) is 0 Å². The highest BCUT2D eigenvalue weighted by Crippen LogP contribution is 2.39. The Morgan fingerprint density at radius 2 is 1.67 bits per heavy atom. The van der Waals surface area contributed by atoms with Gasteiger partial charge in [-0.2, -0.15) is 0 Å². The Kier molecular flexibility index (Phi) is 1.61. The third-order valence-corrected chi connectivity index (χ3v) is 2.15. The molecule has 0 spiro atoms. The van der Waals surface area contributed by atoms with Crippen LogP contribution in [0.5, 0.6) is 0 Å². The molecule has 2 atom stereocenters. The molecule has 1 aliphatic rings. The lowest BCUT2D eigenvalue weighted by molar-refractivity contribution is 0.579. The summed E-state index contributed by atoms with van der Waals surface area (Å²) in [4.78, 5) is 0. The molecule has 2 N–H and O–H groups in total. The molecule has 1 nitrogen and oxygen atoms in total. The quantitative estimate of drug-likeness (QED) is 0.681. The van der Waals surface area contributed by atoms with Crippen molar-refractivity contribution in [3.05, 3.63) is 35.4 Å². The van der Waals surface area contributed by atoms with E-state index in [-0.39, 0.29) is 12.0 Å². The van der Waals surface area contributed by atoms with Crippen molar-refractivity contribution in [2.75, 3.05) is 0 Å². The third-order valence-electron chi connectivity index (χ3n) is 2.15. The number of rotatable bonds is 1. The molecule has 0 aliphatic heterocycles. The monoisotopic (exact) mass is 169 g/mol. The van der Waals surface area contributed by atoms with Crippen LogP contribution in [0.25, 0.3) is 0 Å². The zero-order valence-corrected chi connectivity index (χ0v) is 6.43. The van der Waals surface area contributed by atoms with Gasteiger partial charge in [-0.25, -0.2) is 8.78 Å². The second-order valence-electron chi connectivity index (χ2n) is 3.21. The first-order valence-corrected chi connectivity index (χ1v) is 3.88. The number of halogens is 2. The fourth-order valence-corrected chi connectivity index (χ4v) is 1.39. The Bertz CT molecular complexity index is 291. The second kappa shape index (κ2) is 2.52. The van der Waals surface area contributed by atoms with Gasteiger partial charge in [0.25, 0.3) is 0 Å². The Morgan fingerprint density at radius 3 is 2.08 bits per heavy atom. The highest BCUT2D eigenvalue weighted by atomic mass is 19.1. The van der Waals surface area contributed by atoms with Gasteiger partial charge in [-0.15, -0.1) is 0 Å². The topological polar surface area (TPSA) is 26.0 Å². The molecule has 0 bridgehead atoms. The molecule has 12 heavy (non-hydrogen) atoms. The maximum atomic E-state index is 12.7. The van der Waals surface area contributed by atoms with Gasteiger partial charge in [0.15, 0.2) is 0 Å². The van der Waals surface area contributed by atoms with E-state index in [1.54, 1.807) is 0 Å². The fraction of sp³-hybridized carbons (Fsp3) is 0.333. The molecule has 1 aliphatic carbocycles. The minimum absolute atomic E-state index is 0.0891. The van der Waals surface area contributed by atoms with Crippen LogP contribution in [0.3, 0.4) is 0 Å². The van der Waals surface area contributed by atoms with Crippen molar-refractivity contribution in [3.63, 3.8) is 0 Å². The molecular weight excluding hydrogens is 160 g/mol. The summed E-state index contributed by atoms with van der Waals surface area (Å²) < 4.78 is 25.3. The van der Waals surface area contributed by atoms with Crippen LogP contribution in [-0.4, -0.2) is 6.04 Å². The van der Waals surface area contributed by atoms with Crippen LogP contribution in [0, 0.1) is 11.6 Å². The molecule has 0 amide bonds. The second-order valence-corrected chi connectivity index (χ2v) is 3.21. The van der Waals surface area contributed by atoms with Crippen molar-refractivity contribution < 1.29 is 8.78 Å². The minimum Gasteiger partial charge on any atom is -0.327 e. The maximum Gasteiger partial charge on any atom is 0.126 e. The van der Waals surface area contributed by atoms with Crippen molar-refractivity contribution >= 4 is 0 Å². The summed E-state index contributed by atoms with van der Waals surface area (Å²) in [6.07, 6.45) is 0.836. The predicted octanol–water partition coefficient (Wildman–Crippen LogP) is 1.78. The normalized spacial score (nSPS) is 27.2. The van der Waals surface area contributed by atoms with Gasteiger partial charge >= 0.3 is 0 Å². The number of hydrogen-bond donors (Lipinski definition) is 1. The van der Waals surface area contributed by atoms with Crippen LogP contribution >= 0.6 is 0 Å². The van der Waals surface area contributed by atoms with Gasteiger partial charge in [-0.05, 0) is 24.1 Å². The molecule has 1 fully saturated rings. The van der Waals surface area contributed by atoms with Crippen LogP contribution in [0.2, 0.25) is 0 Å². The molecule has 1 aromatic rings. The van der Waals surface area contributed by atoms with E-state index in [4.69, 9.17) is 5.73 Å². The largest absolute Gasteiger partial charge is 0.327 e. The van der Waals surface area contributed by atoms with Crippen molar-refractivity contribution in [2.24, 2.45) is 5.73 Å². The van der Waals surface area contributed by atoms with Crippen molar-refractivity contribution in [2.45, 2.75) is 18.4 Å². The number of hydrogen-bond acceptors (Lipinski definition) is 1. The van der Waals surface area contributed by atoms with E-state index < -0.39 is 11.6 Å². The van der Waals surface area contributed by atoms with Crippen molar-refractivity contribution in [1.82, 2.24) is 0 Å². The van der Waals surface area contributed by atoms with E-state index in [0.717, 1.165) is 12.5 Å². The molecule has 0 radical (unpaired) electrons. The highest BCUT2D eigenvalue weighted by Gasteiger charge is 2.35. The maximum absolute atomic E-state index is 12.7. The molecule has 0 aromatic heterocycles. The van der Waals surface area contributed by atoms with Crippen LogP contribution in [0.1, 0.15) is 17.9 Å². The Labute approximate surface area is 69.2 Å². The zero-order valence-electron chi connectivity index (χ0n) is 6.43. The van der Waals surface area contributed by atoms with Crippen molar-refractivity contribution in [1.29, 1.82) is 0 Å². The summed E-state index contributed by atoms with van der Waals surface area (Å²) in [7, 11) is 0. The molecule has 0 saturated heterocycles. The van der Waals surface area contributed by atoms with E-state index >= 15 is 0 Å². The average Bonchev–Trinajstić information content (AvgIpc) is 2.64. The predicted molar refractivity (Wildman–Crippen MR) is 41.7 cm³/mol. The highest BCUT2D eigenvalue weighted by molar-refractivity contribution is 5.28. The van der Waals surface area contributed by atoms with Crippen LogP contribution in [0.15, 0.2) is 18.2 Å². The van der Waals surface area contributed by atoms with Gasteiger partial charge in [-0.3, -0.25) is 0 Å². The minimum atomic E-state index is -0.524. The first-order valence-electron chi connectivity index (χ1n) is 3.88. The molecule has 1 saturated carbocycles. The summed E-state index contributed by atoms with van der Waals surface area (Å²) in [5.74, 6) is -0.886. The van der Waals surface area contributed by atoms with Crippen molar-refractivity contribution in [3.8, 4) is 0 Å². The lowest BCUT2D eigenvalue weighted by Gasteiger charge is -1.98. The average molecular weight is 169 g/mol. The SMILES string of the molecule is NC1CC1c1cc(F)cc(F)c1. The summed E-state index contributed by atoms with van der Waals surface area (Å²) in [5.41, 5.74) is 6.23. The van der Waals surface area contributed by atoms with Crippen LogP contribution < -0.4 is 5.73 Å². The van der Waals surface area contributed by atoms with E-state index in [9.17, 15) is 8.78 Å². The van der Waals surface area contributed by atoms with Gasteiger partial charge in [0.2, 0.25) is 0 Å². The van der Waals surface area contributed by atoms with E-state index in [1.165, 1.54) is 12.1 Å². The standard InChI is InChI=1S/C9H9F2N/c10-6-1-5(2-7(11)3-6)8-4-9(8)12/h1-3,8-9H,4,12H2. The van der Waals surface area contributed by atoms with E-state index in [2.05, 4.69) is 0 Å². The molecular formula is C9H9F2N. The first kappa shape index (κ1) is 7.68. The first-order chi connectivity index (χ1) is 5.66. The fourth-order valence-electron chi connectivity index (χ4n) is 1.39. The number of benzene rings is 1. The Morgan fingerprint density at radius 1 is 1.17 bits per heavy atom. The smallest absolute Gasteiger partial charge is 0.126 e. The summed E-state index contributed by atoms with van der Waals surface area (Å²) in [5, 5.41) is 0. The van der Waals surface area contributed by atoms with Gasteiger partial charge in [0.1, 0.15) is 11.6 Å². The molecule has 2 unspecified atom stereocenters. The summed E-state index contributed by atoms with van der Waals surface area (Å²) >= 11 is 0. The summed E-state index contributed by atoms with van der Waals surface area (Å²) in [6.45, 7) is 0. The molecule has 0 heterocycles. The van der Waals surface area contributed by atoms with Crippen LogP contribution in [0.4, 0.5) is 8.78 Å². The van der Waals surface area contributed by atoms with E-state index in [0.29, 0.717) is 5.56 Å².